The Bertz CT molecular complexity index is 191. The molecule has 0 saturated carbocycles. The van der Waals surface area contributed by atoms with Gasteiger partial charge in [-0.25, -0.2) is 0 Å². The van der Waals surface area contributed by atoms with Crippen molar-refractivity contribution in [3.63, 3.8) is 0 Å². The zero-order chi connectivity index (χ0) is 10.6. The van der Waals surface area contributed by atoms with E-state index in [2.05, 4.69) is 30.6 Å². The van der Waals surface area contributed by atoms with Gasteiger partial charge in [-0.05, 0) is 20.3 Å². The zero-order valence-corrected chi connectivity index (χ0v) is 9.42. The van der Waals surface area contributed by atoms with Crippen molar-refractivity contribution in [1.82, 2.24) is 10.2 Å². The molecule has 0 aromatic heterocycles. The van der Waals surface area contributed by atoms with Crippen molar-refractivity contribution in [2.45, 2.75) is 31.8 Å². The van der Waals surface area contributed by atoms with Gasteiger partial charge in [0.05, 0.1) is 0 Å². The monoisotopic (exact) mass is 197 g/mol. The lowest BCUT2D eigenvalue weighted by molar-refractivity contribution is 0.244. The molecule has 0 aliphatic carbocycles. The third kappa shape index (κ3) is 2.56. The summed E-state index contributed by atoms with van der Waals surface area (Å²) in [6.07, 6.45) is 3.05. The lowest BCUT2D eigenvalue weighted by Crippen LogP contribution is -2.53. The van der Waals surface area contributed by atoms with E-state index in [1.165, 1.54) is 0 Å². The molecule has 82 valence electrons. The minimum atomic E-state index is 0.123. The van der Waals surface area contributed by atoms with Crippen LogP contribution >= 0.6 is 0 Å². The highest BCUT2D eigenvalue weighted by Gasteiger charge is 2.36. The molecule has 3 N–H and O–H groups in total. The molecule has 0 spiro atoms. The molecule has 0 amide bonds. The van der Waals surface area contributed by atoms with Crippen LogP contribution in [0.4, 0.5) is 0 Å². The van der Waals surface area contributed by atoms with Crippen LogP contribution < -0.4 is 11.1 Å². The number of hydrogen-bond donors (Lipinski definition) is 2. The summed E-state index contributed by atoms with van der Waals surface area (Å²) >= 11 is 0. The minimum absolute atomic E-state index is 0.123. The summed E-state index contributed by atoms with van der Waals surface area (Å²) in [5, 5.41) is 3.49. The summed E-state index contributed by atoms with van der Waals surface area (Å²) in [5.74, 6) is 0. The van der Waals surface area contributed by atoms with E-state index in [4.69, 9.17) is 5.73 Å². The van der Waals surface area contributed by atoms with Crippen molar-refractivity contribution < 1.29 is 0 Å². The molecule has 0 bridgehead atoms. The van der Waals surface area contributed by atoms with E-state index >= 15 is 0 Å². The van der Waals surface area contributed by atoms with E-state index < -0.39 is 0 Å². The molecular formula is C11H23N3. The Labute approximate surface area is 87.3 Å². The Morgan fingerprint density at radius 1 is 1.64 bits per heavy atom. The van der Waals surface area contributed by atoms with Gasteiger partial charge in [0.15, 0.2) is 0 Å². The third-order valence-electron chi connectivity index (χ3n) is 3.13. The molecule has 1 aliphatic rings. The predicted octanol–water partition coefficient (Wildman–Crippen LogP) is 0.574. The maximum absolute atomic E-state index is 5.85. The molecule has 0 aromatic carbocycles. The number of rotatable bonds is 5. The first kappa shape index (κ1) is 11.7. The summed E-state index contributed by atoms with van der Waals surface area (Å²) in [6.45, 7) is 12.0. The Hall–Kier alpha value is -0.380. The number of nitrogens with one attached hydrogen (secondary N) is 1. The summed E-state index contributed by atoms with van der Waals surface area (Å²) in [7, 11) is 0. The van der Waals surface area contributed by atoms with Crippen molar-refractivity contribution in [2.75, 3.05) is 26.2 Å². The molecule has 1 saturated heterocycles. The number of hydrogen-bond acceptors (Lipinski definition) is 3. The summed E-state index contributed by atoms with van der Waals surface area (Å²) in [4.78, 5) is 2.48. The molecular weight excluding hydrogens is 174 g/mol. The highest BCUT2D eigenvalue weighted by Crippen LogP contribution is 2.21. The standard InChI is InChI=1S/C11H23N3/c1-4-6-13-11(8-12)5-7-14(9-11)10(2)3/h4,10,13H,1,5-9,12H2,2-3H3. The second-order valence-electron chi connectivity index (χ2n) is 4.47. The maximum Gasteiger partial charge on any atom is 0.0447 e. The molecule has 1 rings (SSSR count). The molecule has 1 heterocycles. The Kier molecular flexibility index (Phi) is 4.11. The summed E-state index contributed by atoms with van der Waals surface area (Å²) in [5.41, 5.74) is 5.97. The van der Waals surface area contributed by atoms with Crippen molar-refractivity contribution >= 4 is 0 Å². The van der Waals surface area contributed by atoms with Gasteiger partial charge in [0.1, 0.15) is 0 Å². The summed E-state index contributed by atoms with van der Waals surface area (Å²) in [6, 6.07) is 0.619. The van der Waals surface area contributed by atoms with Crippen molar-refractivity contribution in [3.8, 4) is 0 Å². The van der Waals surface area contributed by atoms with Crippen LogP contribution in [0.25, 0.3) is 0 Å². The first-order valence-corrected chi connectivity index (χ1v) is 5.43. The zero-order valence-electron chi connectivity index (χ0n) is 9.42. The minimum Gasteiger partial charge on any atom is -0.329 e. The smallest absolute Gasteiger partial charge is 0.0447 e. The van der Waals surface area contributed by atoms with Gasteiger partial charge in [-0.3, -0.25) is 4.90 Å². The van der Waals surface area contributed by atoms with Crippen LogP contribution in [-0.4, -0.2) is 42.7 Å². The van der Waals surface area contributed by atoms with Crippen LogP contribution in [0.5, 0.6) is 0 Å². The average Bonchev–Trinajstić information content (AvgIpc) is 2.60. The van der Waals surface area contributed by atoms with Crippen LogP contribution in [0.15, 0.2) is 12.7 Å². The van der Waals surface area contributed by atoms with Gasteiger partial charge in [0.25, 0.3) is 0 Å². The molecule has 0 aromatic rings. The predicted molar refractivity (Wildman–Crippen MR) is 61.3 cm³/mol. The van der Waals surface area contributed by atoms with Crippen LogP contribution in [0.2, 0.25) is 0 Å². The van der Waals surface area contributed by atoms with Crippen LogP contribution in [-0.2, 0) is 0 Å². The van der Waals surface area contributed by atoms with Crippen LogP contribution in [0.3, 0.4) is 0 Å². The second kappa shape index (κ2) is 4.91. The molecule has 1 fully saturated rings. The first-order valence-electron chi connectivity index (χ1n) is 5.43. The topological polar surface area (TPSA) is 41.3 Å². The highest BCUT2D eigenvalue weighted by molar-refractivity contribution is 5.00. The molecule has 1 aliphatic heterocycles. The van der Waals surface area contributed by atoms with E-state index in [1.807, 2.05) is 6.08 Å². The second-order valence-corrected chi connectivity index (χ2v) is 4.47. The molecule has 1 atom stereocenters. The number of nitrogens with zero attached hydrogens (tertiary/aromatic N) is 1. The van der Waals surface area contributed by atoms with E-state index in [1.54, 1.807) is 0 Å². The molecule has 14 heavy (non-hydrogen) atoms. The normalized spacial score (nSPS) is 28.6. The van der Waals surface area contributed by atoms with E-state index in [9.17, 15) is 0 Å². The Morgan fingerprint density at radius 2 is 2.36 bits per heavy atom. The maximum atomic E-state index is 5.85. The van der Waals surface area contributed by atoms with Gasteiger partial charge in [0.2, 0.25) is 0 Å². The molecule has 3 heteroatoms. The van der Waals surface area contributed by atoms with Gasteiger partial charge in [0, 0.05) is 37.8 Å². The van der Waals surface area contributed by atoms with Gasteiger partial charge >= 0.3 is 0 Å². The van der Waals surface area contributed by atoms with E-state index in [0.717, 1.165) is 26.1 Å². The van der Waals surface area contributed by atoms with Gasteiger partial charge in [-0.1, -0.05) is 6.08 Å². The fourth-order valence-electron chi connectivity index (χ4n) is 2.02. The Balaban J connectivity index is 2.51. The van der Waals surface area contributed by atoms with Gasteiger partial charge in [-0.15, -0.1) is 6.58 Å². The van der Waals surface area contributed by atoms with Gasteiger partial charge < -0.3 is 11.1 Å². The number of nitrogens with two attached hydrogens (primary N) is 1. The largest absolute Gasteiger partial charge is 0.329 e. The summed E-state index contributed by atoms with van der Waals surface area (Å²) < 4.78 is 0. The van der Waals surface area contributed by atoms with E-state index in [0.29, 0.717) is 12.6 Å². The van der Waals surface area contributed by atoms with Crippen LogP contribution in [0.1, 0.15) is 20.3 Å². The fourth-order valence-corrected chi connectivity index (χ4v) is 2.02. The average molecular weight is 197 g/mol. The quantitative estimate of drug-likeness (QED) is 0.633. The Morgan fingerprint density at radius 3 is 2.79 bits per heavy atom. The SMILES string of the molecule is C=CCNC1(CN)CCN(C(C)C)C1. The lowest BCUT2D eigenvalue weighted by Gasteiger charge is -2.30. The van der Waals surface area contributed by atoms with Crippen molar-refractivity contribution in [2.24, 2.45) is 5.73 Å². The third-order valence-corrected chi connectivity index (χ3v) is 3.13. The lowest BCUT2D eigenvalue weighted by atomic mass is 9.99. The fraction of sp³-hybridized carbons (Fsp3) is 0.818. The van der Waals surface area contributed by atoms with Crippen molar-refractivity contribution in [3.05, 3.63) is 12.7 Å². The molecule has 1 unspecified atom stereocenters. The number of likely N-dealkylation sites (tertiary alicyclic amines) is 1. The van der Waals surface area contributed by atoms with Crippen molar-refractivity contribution in [1.29, 1.82) is 0 Å². The molecule has 0 radical (unpaired) electrons. The van der Waals surface area contributed by atoms with Gasteiger partial charge in [-0.2, -0.15) is 0 Å². The highest BCUT2D eigenvalue weighted by atomic mass is 15.2. The van der Waals surface area contributed by atoms with E-state index in [-0.39, 0.29) is 5.54 Å². The van der Waals surface area contributed by atoms with Crippen LogP contribution in [0, 0.1) is 0 Å². The molecule has 3 nitrogen and oxygen atoms in total. The first-order chi connectivity index (χ1) is 6.63.